The highest BCUT2D eigenvalue weighted by Crippen LogP contribution is 2.21. The molecule has 0 aromatic heterocycles. The molecule has 12 heteroatoms. The Labute approximate surface area is 235 Å². The molecule has 2 atom stereocenters. The average molecular weight is 571 g/mol. The molecule has 2 fully saturated rings. The Balaban J connectivity index is 1.41. The number of nitrogens with zero attached hydrogens (tertiary/aromatic N) is 3. The minimum atomic E-state index is -3.84. The first-order valence-corrected chi connectivity index (χ1v) is 15.3. The number of nitrogens with one attached hydrogen (secondary N) is 2. The van der Waals surface area contributed by atoms with E-state index in [1.807, 2.05) is 36.4 Å². The van der Waals surface area contributed by atoms with Crippen molar-refractivity contribution in [2.75, 3.05) is 26.2 Å². The SMILES string of the molecule is N/C(=N\O)N1CCC(CNC(=O)[C@@H]2CCCN2C(=O)[C@@H](Cc2ccccc2)NS(=O)(=O)Cc2ccccc2)CC1. The number of amides is 2. The first-order chi connectivity index (χ1) is 19.3. The van der Waals surface area contributed by atoms with Crippen LogP contribution in [0.1, 0.15) is 36.8 Å². The van der Waals surface area contributed by atoms with Crippen molar-refractivity contribution in [3.05, 3.63) is 71.8 Å². The zero-order chi connectivity index (χ0) is 28.5. The molecule has 2 aromatic carbocycles. The summed E-state index contributed by atoms with van der Waals surface area (Å²) < 4.78 is 28.8. The van der Waals surface area contributed by atoms with E-state index >= 15 is 0 Å². The summed E-state index contributed by atoms with van der Waals surface area (Å²) in [6.07, 6.45) is 2.93. The number of rotatable bonds is 10. The molecule has 40 heavy (non-hydrogen) atoms. The molecule has 2 heterocycles. The summed E-state index contributed by atoms with van der Waals surface area (Å²) in [6, 6.07) is 16.4. The van der Waals surface area contributed by atoms with E-state index in [0.29, 0.717) is 44.6 Å². The van der Waals surface area contributed by atoms with Crippen LogP contribution >= 0.6 is 0 Å². The summed E-state index contributed by atoms with van der Waals surface area (Å²) in [7, 11) is -3.84. The first-order valence-electron chi connectivity index (χ1n) is 13.6. The van der Waals surface area contributed by atoms with E-state index in [2.05, 4.69) is 15.2 Å². The smallest absolute Gasteiger partial charge is 0.242 e. The summed E-state index contributed by atoms with van der Waals surface area (Å²) in [5, 5.41) is 14.9. The molecule has 2 aromatic rings. The molecule has 4 rings (SSSR count). The molecule has 2 amide bonds. The van der Waals surface area contributed by atoms with Crippen molar-refractivity contribution in [1.82, 2.24) is 19.8 Å². The first kappa shape index (κ1) is 29.3. The number of benzene rings is 2. The zero-order valence-corrected chi connectivity index (χ0v) is 23.3. The average Bonchev–Trinajstić information content (AvgIpc) is 3.46. The van der Waals surface area contributed by atoms with E-state index in [0.717, 1.165) is 18.4 Å². The Hall–Kier alpha value is -3.64. The van der Waals surface area contributed by atoms with E-state index in [-0.39, 0.29) is 30.0 Å². The molecule has 2 aliphatic rings. The summed E-state index contributed by atoms with van der Waals surface area (Å²) in [5.41, 5.74) is 7.11. The molecular weight excluding hydrogens is 532 g/mol. The van der Waals surface area contributed by atoms with E-state index < -0.39 is 28.0 Å². The number of oxime groups is 1. The highest BCUT2D eigenvalue weighted by Gasteiger charge is 2.38. The Morgan fingerprint density at radius 3 is 2.23 bits per heavy atom. The summed E-state index contributed by atoms with van der Waals surface area (Å²) in [6.45, 7) is 2.13. The van der Waals surface area contributed by atoms with Gasteiger partial charge < -0.3 is 26.1 Å². The fourth-order valence-corrected chi connectivity index (χ4v) is 6.71. The molecule has 0 bridgehead atoms. The van der Waals surface area contributed by atoms with Gasteiger partial charge in [0, 0.05) is 26.2 Å². The van der Waals surface area contributed by atoms with Gasteiger partial charge in [0.05, 0.1) is 5.75 Å². The van der Waals surface area contributed by atoms with Crippen molar-refractivity contribution in [2.45, 2.75) is 49.9 Å². The lowest BCUT2D eigenvalue weighted by atomic mass is 9.97. The number of hydrogen-bond acceptors (Lipinski definition) is 6. The fourth-order valence-electron chi connectivity index (χ4n) is 5.38. The van der Waals surface area contributed by atoms with Crippen molar-refractivity contribution in [1.29, 1.82) is 0 Å². The second-order valence-corrected chi connectivity index (χ2v) is 12.2. The van der Waals surface area contributed by atoms with Gasteiger partial charge in [0.1, 0.15) is 12.1 Å². The number of sulfonamides is 1. The van der Waals surface area contributed by atoms with Crippen LogP contribution in [-0.4, -0.2) is 79.5 Å². The van der Waals surface area contributed by atoms with Crippen LogP contribution < -0.4 is 15.8 Å². The predicted octanol–water partition coefficient (Wildman–Crippen LogP) is 1.24. The van der Waals surface area contributed by atoms with Crippen molar-refractivity contribution in [3.63, 3.8) is 0 Å². The Morgan fingerprint density at radius 1 is 0.975 bits per heavy atom. The highest BCUT2D eigenvalue weighted by atomic mass is 32.2. The van der Waals surface area contributed by atoms with Crippen molar-refractivity contribution in [2.24, 2.45) is 16.8 Å². The third-order valence-corrected chi connectivity index (χ3v) is 8.90. The number of likely N-dealkylation sites (tertiary alicyclic amines) is 2. The standard InChI is InChI=1S/C28H38N6O5S/c29-28(31-37)33-16-13-22(14-17-33)19-30-26(35)25-12-7-15-34(25)27(36)24(18-21-8-3-1-4-9-21)32-40(38,39)20-23-10-5-2-6-11-23/h1-6,8-11,22,24-25,32,37H,7,12-20H2,(H2,29,31)(H,30,35)/t24-,25+/m1/s1. The second-order valence-electron chi connectivity index (χ2n) is 10.4. The van der Waals surface area contributed by atoms with Crippen molar-refractivity contribution < 1.29 is 23.2 Å². The van der Waals surface area contributed by atoms with Crippen LogP contribution in [0.15, 0.2) is 65.8 Å². The Kier molecular flexibility index (Phi) is 9.99. The van der Waals surface area contributed by atoms with Gasteiger partial charge in [-0.05, 0) is 49.1 Å². The van der Waals surface area contributed by atoms with Crippen LogP contribution in [0, 0.1) is 5.92 Å². The minimum absolute atomic E-state index is 0.0899. The van der Waals surface area contributed by atoms with Gasteiger partial charge in [0.15, 0.2) is 0 Å². The van der Waals surface area contributed by atoms with Crippen LogP contribution in [-0.2, 0) is 31.8 Å². The van der Waals surface area contributed by atoms with Gasteiger partial charge in [0.2, 0.25) is 27.8 Å². The molecule has 0 saturated carbocycles. The van der Waals surface area contributed by atoms with E-state index in [9.17, 15) is 18.0 Å². The summed E-state index contributed by atoms with van der Waals surface area (Å²) in [4.78, 5) is 30.3. The number of nitrogens with two attached hydrogens (primary N) is 1. The number of carbonyl (C=O) groups is 2. The lowest BCUT2D eigenvalue weighted by Crippen LogP contribution is -2.54. The molecule has 0 spiro atoms. The Morgan fingerprint density at radius 2 is 1.60 bits per heavy atom. The summed E-state index contributed by atoms with van der Waals surface area (Å²) >= 11 is 0. The van der Waals surface area contributed by atoms with Crippen molar-refractivity contribution in [3.8, 4) is 0 Å². The maximum Gasteiger partial charge on any atom is 0.242 e. The topological polar surface area (TPSA) is 157 Å². The molecule has 0 radical (unpaired) electrons. The second kappa shape index (κ2) is 13.6. The van der Waals surface area contributed by atoms with Crippen LogP contribution in [0.2, 0.25) is 0 Å². The van der Waals surface area contributed by atoms with Gasteiger partial charge >= 0.3 is 0 Å². The molecule has 2 saturated heterocycles. The van der Waals surface area contributed by atoms with E-state index in [4.69, 9.17) is 10.9 Å². The van der Waals surface area contributed by atoms with Gasteiger partial charge in [-0.15, -0.1) is 0 Å². The maximum atomic E-state index is 13.8. The van der Waals surface area contributed by atoms with Crippen LogP contribution in [0.25, 0.3) is 0 Å². The lowest BCUT2D eigenvalue weighted by Gasteiger charge is -2.33. The van der Waals surface area contributed by atoms with Gasteiger partial charge in [-0.1, -0.05) is 65.8 Å². The maximum absolute atomic E-state index is 13.8. The largest absolute Gasteiger partial charge is 0.408 e. The molecule has 0 unspecified atom stereocenters. The number of piperidine rings is 1. The fraction of sp³-hybridized carbons (Fsp3) is 0.464. The predicted molar refractivity (Wildman–Crippen MR) is 152 cm³/mol. The monoisotopic (exact) mass is 570 g/mol. The molecule has 216 valence electrons. The molecular formula is C28H38N6O5S. The van der Waals surface area contributed by atoms with Crippen LogP contribution in [0.3, 0.4) is 0 Å². The normalized spacial score (nSPS) is 19.4. The Bertz CT molecular complexity index is 1270. The van der Waals surface area contributed by atoms with Crippen molar-refractivity contribution >= 4 is 27.8 Å². The third-order valence-electron chi connectivity index (χ3n) is 7.55. The zero-order valence-electron chi connectivity index (χ0n) is 22.5. The van der Waals surface area contributed by atoms with E-state index in [1.165, 1.54) is 4.90 Å². The highest BCUT2D eigenvalue weighted by molar-refractivity contribution is 7.88. The lowest BCUT2D eigenvalue weighted by molar-refractivity contribution is -0.139. The number of hydrogen-bond donors (Lipinski definition) is 4. The quantitative estimate of drug-likeness (QED) is 0.145. The molecule has 5 N–H and O–H groups in total. The van der Waals surface area contributed by atoms with Gasteiger partial charge in [-0.25, -0.2) is 13.1 Å². The van der Waals surface area contributed by atoms with Gasteiger partial charge in [-0.2, -0.15) is 0 Å². The number of guanidine groups is 1. The molecule has 0 aliphatic carbocycles. The molecule has 2 aliphatic heterocycles. The van der Waals surface area contributed by atoms with Gasteiger partial charge in [0.25, 0.3) is 0 Å². The third kappa shape index (κ3) is 7.95. The van der Waals surface area contributed by atoms with Crippen LogP contribution in [0.4, 0.5) is 0 Å². The van der Waals surface area contributed by atoms with Gasteiger partial charge in [-0.3, -0.25) is 9.59 Å². The molecule has 11 nitrogen and oxygen atoms in total. The minimum Gasteiger partial charge on any atom is -0.408 e. The van der Waals surface area contributed by atoms with E-state index in [1.54, 1.807) is 29.2 Å². The van der Waals surface area contributed by atoms with Crippen LogP contribution in [0.5, 0.6) is 0 Å². The number of carbonyl (C=O) groups excluding carboxylic acids is 2. The summed E-state index contributed by atoms with van der Waals surface area (Å²) in [5.74, 6) is -0.536.